The lowest BCUT2D eigenvalue weighted by atomic mass is 9.68. The van der Waals surface area contributed by atoms with E-state index in [1.165, 1.54) is 16.7 Å². The fourth-order valence-corrected chi connectivity index (χ4v) is 3.45. The van der Waals surface area contributed by atoms with E-state index in [-0.39, 0.29) is 5.41 Å². The van der Waals surface area contributed by atoms with Gasteiger partial charge in [0.2, 0.25) is 0 Å². The lowest BCUT2D eigenvalue weighted by Gasteiger charge is -2.35. The van der Waals surface area contributed by atoms with Gasteiger partial charge in [-0.15, -0.1) is 0 Å². The second kappa shape index (κ2) is 7.26. The molecule has 0 heterocycles. The van der Waals surface area contributed by atoms with E-state index in [0.717, 1.165) is 12.8 Å². The number of nitrogens with two attached hydrogens (primary N) is 1. The average Bonchev–Trinajstić information content (AvgIpc) is 2.64. The van der Waals surface area contributed by atoms with Gasteiger partial charge in [-0.2, -0.15) is 0 Å². The molecule has 23 heavy (non-hydrogen) atoms. The maximum Gasteiger partial charge on any atom is 0.0255 e. The highest BCUT2D eigenvalue weighted by Gasteiger charge is 2.33. The smallest absolute Gasteiger partial charge is 0.0255 e. The highest BCUT2D eigenvalue weighted by molar-refractivity contribution is 5.41. The van der Waals surface area contributed by atoms with Crippen LogP contribution in [0.3, 0.4) is 0 Å². The third-order valence-corrected chi connectivity index (χ3v) is 4.57. The third kappa shape index (κ3) is 3.35. The maximum absolute atomic E-state index is 6.04. The molecule has 0 bridgehead atoms. The van der Waals surface area contributed by atoms with Crippen molar-refractivity contribution >= 4 is 0 Å². The first-order chi connectivity index (χ1) is 11.3. The van der Waals surface area contributed by atoms with Gasteiger partial charge in [-0.05, 0) is 36.1 Å². The van der Waals surface area contributed by atoms with Crippen molar-refractivity contribution in [1.29, 1.82) is 0 Å². The summed E-state index contributed by atoms with van der Waals surface area (Å²) in [5.41, 5.74) is 9.97. The Morgan fingerprint density at radius 2 is 1.04 bits per heavy atom. The molecule has 3 rings (SSSR count). The summed E-state index contributed by atoms with van der Waals surface area (Å²) in [5.74, 6) is 0. The number of hydrogen-bond acceptors (Lipinski definition) is 1. The fraction of sp³-hybridized carbons (Fsp3) is 0.182. The molecule has 0 aliphatic rings. The first-order valence-corrected chi connectivity index (χ1v) is 8.20. The Morgan fingerprint density at radius 3 is 1.48 bits per heavy atom. The van der Waals surface area contributed by atoms with Crippen LogP contribution in [-0.2, 0) is 11.8 Å². The molecule has 0 amide bonds. The zero-order valence-electron chi connectivity index (χ0n) is 13.4. The minimum Gasteiger partial charge on any atom is -0.330 e. The van der Waals surface area contributed by atoms with Crippen LogP contribution in [-0.4, -0.2) is 6.54 Å². The maximum atomic E-state index is 6.04. The van der Waals surface area contributed by atoms with Gasteiger partial charge in [0.05, 0.1) is 0 Å². The Bertz CT molecular complexity index is 665. The summed E-state index contributed by atoms with van der Waals surface area (Å²) in [7, 11) is 0. The lowest BCUT2D eigenvalue weighted by Crippen LogP contribution is -2.33. The van der Waals surface area contributed by atoms with Crippen molar-refractivity contribution in [2.75, 3.05) is 6.54 Å². The highest BCUT2D eigenvalue weighted by Crippen LogP contribution is 2.38. The highest BCUT2D eigenvalue weighted by atomic mass is 14.5. The minimum atomic E-state index is -0.0847. The SMILES string of the molecule is NCCC(Cc1ccccc1)(c1ccccc1)c1ccccc1. The lowest BCUT2D eigenvalue weighted by molar-refractivity contribution is 0.475. The van der Waals surface area contributed by atoms with Gasteiger partial charge in [0.1, 0.15) is 0 Å². The van der Waals surface area contributed by atoms with E-state index in [0.29, 0.717) is 6.54 Å². The van der Waals surface area contributed by atoms with Crippen molar-refractivity contribution in [3.63, 3.8) is 0 Å². The summed E-state index contributed by atoms with van der Waals surface area (Å²) < 4.78 is 0. The molecular formula is C22H23N. The van der Waals surface area contributed by atoms with Crippen molar-refractivity contribution in [2.45, 2.75) is 18.3 Å². The zero-order valence-corrected chi connectivity index (χ0v) is 13.4. The van der Waals surface area contributed by atoms with Gasteiger partial charge in [0.25, 0.3) is 0 Å². The molecule has 1 heteroatoms. The molecule has 116 valence electrons. The summed E-state index contributed by atoms with van der Waals surface area (Å²) in [5, 5.41) is 0. The van der Waals surface area contributed by atoms with E-state index in [9.17, 15) is 0 Å². The average molecular weight is 301 g/mol. The summed E-state index contributed by atoms with van der Waals surface area (Å²) in [6, 6.07) is 32.2. The molecule has 0 aromatic heterocycles. The summed E-state index contributed by atoms with van der Waals surface area (Å²) in [4.78, 5) is 0. The second-order valence-electron chi connectivity index (χ2n) is 6.02. The molecule has 0 radical (unpaired) electrons. The Morgan fingerprint density at radius 1 is 0.609 bits per heavy atom. The van der Waals surface area contributed by atoms with E-state index >= 15 is 0 Å². The quantitative estimate of drug-likeness (QED) is 0.709. The first kappa shape index (κ1) is 15.5. The van der Waals surface area contributed by atoms with Crippen LogP contribution in [0.5, 0.6) is 0 Å². The molecule has 0 aliphatic carbocycles. The number of benzene rings is 3. The van der Waals surface area contributed by atoms with Crippen molar-refractivity contribution in [3.05, 3.63) is 108 Å². The van der Waals surface area contributed by atoms with Gasteiger partial charge in [-0.1, -0.05) is 91.0 Å². The topological polar surface area (TPSA) is 26.0 Å². The molecule has 0 unspecified atom stereocenters. The van der Waals surface area contributed by atoms with Crippen molar-refractivity contribution < 1.29 is 0 Å². The predicted octanol–water partition coefficient (Wildman–Crippen LogP) is 4.56. The van der Waals surface area contributed by atoms with Gasteiger partial charge in [0, 0.05) is 5.41 Å². The largest absolute Gasteiger partial charge is 0.330 e. The normalized spacial score (nSPS) is 11.3. The fourth-order valence-electron chi connectivity index (χ4n) is 3.45. The standard InChI is InChI=1S/C22H23N/c23-17-16-22(20-12-6-2-7-13-20,21-14-8-3-9-15-21)18-19-10-4-1-5-11-19/h1-15H,16-18,23H2. The summed E-state index contributed by atoms with van der Waals surface area (Å²) in [6.45, 7) is 0.663. The number of hydrogen-bond donors (Lipinski definition) is 1. The van der Waals surface area contributed by atoms with Crippen LogP contribution in [0.15, 0.2) is 91.0 Å². The monoisotopic (exact) mass is 301 g/mol. The molecule has 0 saturated carbocycles. The molecule has 3 aromatic carbocycles. The Balaban J connectivity index is 2.14. The van der Waals surface area contributed by atoms with Gasteiger partial charge >= 0.3 is 0 Å². The second-order valence-corrected chi connectivity index (χ2v) is 6.02. The van der Waals surface area contributed by atoms with Crippen molar-refractivity contribution in [2.24, 2.45) is 5.73 Å². The third-order valence-electron chi connectivity index (χ3n) is 4.57. The molecular weight excluding hydrogens is 278 g/mol. The molecule has 0 saturated heterocycles. The van der Waals surface area contributed by atoms with E-state index in [1.54, 1.807) is 0 Å². The van der Waals surface area contributed by atoms with Crippen molar-refractivity contribution in [1.82, 2.24) is 0 Å². The van der Waals surface area contributed by atoms with Gasteiger partial charge in [-0.25, -0.2) is 0 Å². The predicted molar refractivity (Wildman–Crippen MR) is 97.5 cm³/mol. The van der Waals surface area contributed by atoms with E-state index in [2.05, 4.69) is 91.0 Å². The van der Waals surface area contributed by atoms with E-state index in [1.807, 2.05) is 0 Å². The molecule has 0 spiro atoms. The van der Waals surface area contributed by atoms with Crippen LogP contribution in [0.2, 0.25) is 0 Å². The minimum absolute atomic E-state index is 0.0847. The van der Waals surface area contributed by atoms with Gasteiger partial charge in [-0.3, -0.25) is 0 Å². The van der Waals surface area contributed by atoms with Crippen molar-refractivity contribution in [3.8, 4) is 0 Å². The van der Waals surface area contributed by atoms with E-state index < -0.39 is 0 Å². The first-order valence-electron chi connectivity index (χ1n) is 8.20. The van der Waals surface area contributed by atoms with Gasteiger partial charge < -0.3 is 5.73 Å². The molecule has 3 aromatic rings. The van der Waals surface area contributed by atoms with Crippen LogP contribution in [0.1, 0.15) is 23.1 Å². The Kier molecular flexibility index (Phi) is 4.89. The van der Waals surface area contributed by atoms with Crippen LogP contribution in [0.4, 0.5) is 0 Å². The number of rotatable bonds is 6. The van der Waals surface area contributed by atoms with E-state index in [4.69, 9.17) is 5.73 Å². The molecule has 2 N–H and O–H groups in total. The van der Waals surface area contributed by atoms with Gasteiger partial charge in [0.15, 0.2) is 0 Å². The van der Waals surface area contributed by atoms with Crippen LogP contribution in [0, 0.1) is 0 Å². The Hall–Kier alpha value is -2.38. The molecule has 0 aliphatic heterocycles. The molecule has 1 nitrogen and oxygen atoms in total. The molecule has 0 atom stereocenters. The zero-order chi connectivity index (χ0) is 16.0. The van der Waals surface area contributed by atoms with Crippen LogP contribution >= 0.6 is 0 Å². The van der Waals surface area contributed by atoms with Crippen LogP contribution < -0.4 is 5.73 Å². The Labute approximate surface area is 138 Å². The molecule has 0 fully saturated rings. The van der Waals surface area contributed by atoms with Crippen LogP contribution in [0.25, 0.3) is 0 Å². The summed E-state index contributed by atoms with van der Waals surface area (Å²) in [6.07, 6.45) is 1.88. The summed E-state index contributed by atoms with van der Waals surface area (Å²) >= 11 is 0.